The zero-order valence-corrected chi connectivity index (χ0v) is 18.7. The van der Waals surface area contributed by atoms with Crippen LogP contribution in [-0.2, 0) is 11.3 Å². The monoisotopic (exact) mass is 458 g/mol. The summed E-state index contributed by atoms with van der Waals surface area (Å²) in [7, 11) is 0. The molecule has 0 bridgehead atoms. The van der Waals surface area contributed by atoms with E-state index in [0.717, 1.165) is 35.1 Å². The zero-order chi connectivity index (χ0) is 22.4. The summed E-state index contributed by atoms with van der Waals surface area (Å²) in [4.78, 5) is 26.0. The number of imidazole rings is 1. The lowest BCUT2D eigenvalue weighted by Crippen LogP contribution is -2.15. The van der Waals surface area contributed by atoms with Gasteiger partial charge in [-0.1, -0.05) is 17.7 Å². The third-order valence-electron chi connectivity index (χ3n) is 6.31. The quantitative estimate of drug-likeness (QED) is 0.406. The molecular formula is C25H23ClN6O. The molecule has 0 radical (unpaired) electrons. The number of carbonyl (C=O) groups excluding carboxylic acids is 1. The highest BCUT2D eigenvalue weighted by Gasteiger charge is 2.45. The number of rotatable bonds is 7. The van der Waals surface area contributed by atoms with Gasteiger partial charge in [-0.3, -0.25) is 9.78 Å². The highest BCUT2D eigenvalue weighted by molar-refractivity contribution is 6.30. The number of amides is 1. The van der Waals surface area contributed by atoms with Crippen molar-refractivity contribution < 1.29 is 4.79 Å². The van der Waals surface area contributed by atoms with E-state index in [9.17, 15) is 4.79 Å². The Labute approximate surface area is 196 Å². The van der Waals surface area contributed by atoms with Gasteiger partial charge in [-0.05, 0) is 55.0 Å². The summed E-state index contributed by atoms with van der Waals surface area (Å²) < 4.78 is 2.10. The Morgan fingerprint density at radius 1 is 1.09 bits per heavy atom. The van der Waals surface area contributed by atoms with Crippen LogP contribution in [0.5, 0.6) is 0 Å². The Bertz CT molecular complexity index is 1350. The highest BCUT2D eigenvalue weighted by Crippen LogP contribution is 2.47. The third-order valence-corrected chi connectivity index (χ3v) is 6.54. The van der Waals surface area contributed by atoms with E-state index in [-0.39, 0.29) is 17.7 Å². The number of halogens is 1. The molecule has 33 heavy (non-hydrogen) atoms. The van der Waals surface area contributed by atoms with Crippen LogP contribution < -0.4 is 10.6 Å². The van der Waals surface area contributed by atoms with Gasteiger partial charge < -0.3 is 15.0 Å². The summed E-state index contributed by atoms with van der Waals surface area (Å²) in [5, 5.41) is 6.95. The van der Waals surface area contributed by atoms with Gasteiger partial charge in [0.2, 0.25) is 5.91 Å². The SMILES string of the molecule is O=C(Nc1cc(NCc2cn3cc(C4CC4)ccc3n2)ccn1)[C@@H]1CC1c1cc(Cl)ccn1. The molecule has 1 unspecified atom stereocenters. The molecule has 0 spiro atoms. The molecule has 0 saturated heterocycles. The van der Waals surface area contributed by atoms with Crippen LogP contribution in [0.2, 0.25) is 5.02 Å². The number of carbonyl (C=O) groups is 1. The predicted molar refractivity (Wildman–Crippen MR) is 127 cm³/mol. The van der Waals surface area contributed by atoms with Crippen LogP contribution >= 0.6 is 11.6 Å². The topological polar surface area (TPSA) is 84.2 Å². The molecule has 0 aromatic carbocycles. The molecule has 2 aliphatic carbocycles. The molecule has 166 valence electrons. The van der Waals surface area contributed by atoms with Crippen LogP contribution in [0, 0.1) is 5.92 Å². The molecule has 4 aromatic rings. The fourth-order valence-corrected chi connectivity index (χ4v) is 4.43. The van der Waals surface area contributed by atoms with Crippen LogP contribution in [0.3, 0.4) is 0 Å². The fourth-order valence-electron chi connectivity index (χ4n) is 4.26. The van der Waals surface area contributed by atoms with E-state index in [1.807, 2.05) is 18.2 Å². The summed E-state index contributed by atoms with van der Waals surface area (Å²) in [5.74, 6) is 1.21. The van der Waals surface area contributed by atoms with E-state index >= 15 is 0 Å². The first kappa shape index (κ1) is 20.2. The maximum absolute atomic E-state index is 12.7. The van der Waals surface area contributed by atoms with Crippen LogP contribution in [0.4, 0.5) is 11.5 Å². The molecule has 2 atom stereocenters. The first-order chi connectivity index (χ1) is 16.1. The normalized spacial score (nSPS) is 19.4. The van der Waals surface area contributed by atoms with Crippen LogP contribution in [0.15, 0.2) is 61.2 Å². The zero-order valence-electron chi connectivity index (χ0n) is 17.9. The van der Waals surface area contributed by atoms with Crippen molar-refractivity contribution in [3.8, 4) is 0 Å². The van der Waals surface area contributed by atoms with Crippen LogP contribution in [-0.4, -0.2) is 25.3 Å². The van der Waals surface area contributed by atoms with Gasteiger partial charge >= 0.3 is 0 Å². The van der Waals surface area contributed by atoms with Gasteiger partial charge in [0.25, 0.3) is 0 Å². The van der Waals surface area contributed by atoms with Crippen molar-refractivity contribution in [3.05, 3.63) is 83.2 Å². The number of hydrogen-bond donors (Lipinski definition) is 2. The lowest BCUT2D eigenvalue weighted by molar-refractivity contribution is -0.117. The maximum atomic E-state index is 12.7. The number of pyridine rings is 3. The summed E-state index contributed by atoms with van der Waals surface area (Å²) in [5.41, 5.74) is 5.04. The van der Waals surface area contributed by atoms with Crippen molar-refractivity contribution in [2.45, 2.75) is 37.6 Å². The van der Waals surface area contributed by atoms with Crippen molar-refractivity contribution in [1.82, 2.24) is 19.4 Å². The van der Waals surface area contributed by atoms with E-state index in [4.69, 9.17) is 16.6 Å². The largest absolute Gasteiger partial charge is 0.379 e. The average Bonchev–Trinajstić information content (AvgIpc) is 3.74. The molecule has 4 heterocycles. The second-order valence-corrected chi connectivity index (χ2v) is 9.29. The number of nitrogens with zero attached hydrogens (tertiary/aromatic N) is 4. The van der Waals surface area contributed by atoms with Gasteiger partial charge in [-0.15, -0.1) is 0 Å². The van der Waals surface area contributed by atoms with E-state index in [1.54, 1.807) is 18.5 Å². The second kappa shape index (κ2) is 8.15. The Balaban J connectivity index is 1.08. The van der Waals surface area contributed by atoms with Gasteiger partial charge in [0.05, 0.1) is 12.2 Å². The third kappa shape index (κ3) is 4.41. The molecule has 2 fully saturated rings. The van der Waals surface area contributed by atoms with Gasteiger partial charge in [0, 0.05) is 59.1 Å². The molecule has 2 N–H and O–H groups in total. The lowest BCUT2D eigenvalue weighted by atomic mass is 10.2. The van der Waals surface area contributed by atoms with Crippen LogP contribution in [0.1, 0.15) is 48.0 Å². The number of fused-ring (bicyclic) bond motifs is 1. The van der Waals surface area contributed by atoms with Crippen molar-refractivity contribution in [3.63, 3.8) is 0 Å². The summed E-state index contributed by atoms with van der Waals surface area (Å²) >= 11 is 6.05. The first-order valence-corrected chi connectivity index (χ1v) is 11.6. The molecule has 0 aliphatic heterocycles. The minimum absolute atomic E-state index is 0.0433. The molecule has 1 amide bonds. The molecule has 6 rings (SSSR count). The lowest BCUT2D eigenvalue weighted by Gasteiger charge is -2.08. The second-order valence-electron chi connectivity index (χ2n) is 8.85. The van der Waals surface area contributed by atoms with Gasteiger partial charge in [0.15, 0.2) is 0 Å². The van der Waals surface area contributed by atoms with Crippen molar-refractivity contribution in [2.75, 3.05) is 10.6 Å². The fraction of sp³-hybridized carbons (Fsp3) is 0.280. The smallest absolute Gasteiger partial charge is 0.229 e. The van der Waals surface area contributed by atoms with Gasteiger partial charge in [0.1, 0.15) is 11.5 Å². The molecule has 2 aliphatic rings. The predicted octanol–water partition coefficient (Wildman–Crippen LogP) is 5.01. The highest BCUT2D eigenvalue weighted by atomic mass is 35.5. The Kier molecular flexibility index (Phi) is 4.99. The summed E-state index contributed by atoms with van der Waals surface area (Å²) in [6.07, 6.45) is 11.0. The van der Waals surface area contributed by atoms with E-state index in [1.165, 1.54) is 18.4 Å². The van der Waals surface area contributed by atoms with Gasteiger partial charge in [-0.2, -0.15) is 0 Å². The molecule has 2 saturated carbocycles. The van der Waals surface area contributed by atoms with Crippen LogP contribution in [0.25, 0.3) is 5.65 Å². The van der Waals surface area contributed by atoms with Gasteiger partial charge in [-0.25, -0.2) is 9.97 Å². The Morgan fingerprint density at radius 2 is 1.97 bits per heavy atom. The van der Waals surface area contributed by atoms with E-state index in [0.29, 0.717) is 17.4 Å². The Morgan fingerprint density at radius 3 is 2.82 bits per heavy atom. The number of aromatic nitrogens is 4. The van der Waals surface area contributed by atoms with E-state index in [2.05, 4.69) is 49.5 Å². The maximum Gasteiger partial charge on any atom is 0.229 e. The summed E-state index contributed by atoms with van der Waals surface area (Å²) in [6.45, 7) is 0.586. The molecule has 7 nitrogen and oxygen atoms in total. The van der Waals surface area contributed by atoms with Crippen molar-refractivity contribution in [1.29, 1.82) is 0 Å². The minimum atomic E-state index is -0.104. The molecule has 4 aromatic heterocycles. The number of anilines is 2. The Hall–Kier alpha value is -3.45. The average molecular weight is 459 g/mol. The molecular weight excluding hydrogens is 436 g/mol. The standard InChI is InChI=1S/C25H23ClN6O/c26-17-5-7-27-22(9-17)20-11-21(20)25(33)31-23-10-18(6-8-28-23)29-12-19-14-32-13-16(15-1-2-15)3-4-24(32)30-19/h3-10,13-15,20-21H,1-2,11-12H2,(H2,28,29,31,33)/t20?,21-/m1/s1. The first-order valence-electron chi connectivity index (χ1n) is 11.2. The number of nitrogens with one attached hydrogen (secondary N) is 2. The van der Waals surface area contributed by atoms with Crippen molar-refractivity contribution in [2.24, 2.45) is 5.92 Å². The van der Waals surface area contributed by atoms with Crippen molar-refractivity contribution >= 4 is 34.7 Å². The van der Waals surface area contributed by atoms with E-state index < -0.39 is 0 Å². The minimum Gasteiger partial charge on any atom is -0.379 e. The summed E-state index contributed by atoms with van der Waals surface area (Å²) in [6, 6.07) is 11.6. The number of hydrogen-bond acceptors (Lipinski definition) is 5. The molecule has 8 heteroatoms.